The first-order valence-corrected chi connectivity index (χ1v) is 7.06. The minimum absolute atomic E-state index is 0.286. The molecule has 1 rings (SSSR count). The van der Waals surface area contributed by atoms with Gasteiger partial charge in [0.15, 0.2) is 0 Å². The van der Waals surface area contributed by atoms with Crippen LogP contribution in [0.25, 0.3) is 0 Å². The maximum absolute atomic E-state index is 11.2. The minimum atomic E-state index is -0.286. The van der Waals surface area contributed by atoms with E-state index in [9.17, 15) is 4.79 Å². The maximum atomic E-state index is 11.2. The summed E-state index contributed by atoms with van der Waals surface area (Å²) in [6.07, 6.45) is 4.28. The van der Waals surface area contributed by atoms with Gasteiger partial charge in [-0.05, 0) is 25.5 Å². The smallest absolute Gasteiger partial charge is 0.330 e. The second-order valence-corrected chi connectivity index (χ2v) is 4.52. The molecule has 4 nitrogen and oxygen atoms in total. The predicted octanol–water partition coefficient (Wildman–Crippen LogP) is 1.96. The summed E-state index contributed by atoms with van der Waals surface area (Å²) in [5.74, 6) is -0.286. The summed E-state index contributed by atoms with van der Waals surface area (Å²) in [7, 11) is 0. The fourth-order valence-electron chi connectivity index (χ4n) is 1.88. The summed E-state index contributed by atoms with van der Waals surface area (Å²) >= 11 is 0. The lowest BCUT2D eigenvalue weighted by atomic mass is 10.2. The van der Waals surface area contributed by atoms with E-state index in [0.717, 1.165) is 19.5 Å². The van der Waals surface area contributed by atoms with E-state index in [0.29, 0.717) is 19.7 Å². The Kier molecular flexibility index (Phi) is 8.35. The molecule has 0 radical (unpaired) electrons. The highest BCUT2D eigenvalue weighted by molar-refractivity contribution is 5.81. The quantitative estimate of drug-likeness (QED) is 0.553. The number of nitrogens with zero attached hydrogens (tertiary/aromatic N) is 1. The lowest BCUT2D eigenvalue weighted by molar-refractivity contribution is -0.137. The Morgan fingerprint density at radius 3 is 2.75 bits per heavy atom. The van der Waals surface area contributed by atoms with Crippen molar-refractivity contribution < 1.29 is 9.53 Å². The van der Waals surface area contributed by atoms with Gasteiger partial charge in [0, 0.05) is 25.7 Å². The van der Waals surface area contributed by atoms with Crippen molar-refractivity contribution in [2.24, 2.45) is 5.73 Å². The molecule has 1 aromatic carbocycles. The third-order valence-electron chi connectivity index (χ3n) is 2.83. The lowest BCUT2D eigenvalue weighted by Gasteiger charge is -2.20. The van der Waals surface area contributed by atoms with E-state index in [2.05, 4.69) is 17.0 Å². The zero-order valence-electron chi connectivity index (χ0n) is 12.1. The second-order valence-electron chi connectivity index (χ2n) is 4.52. The number of esters is 1. The molecule has 0 aliphatic carbocycles. The fraction of sp³-hybridized carbons (Fsp3) is 0.438. The van der Waals surface area contributed by atoms with Crippen molar-refractivity contribution in [1.29, 1.82) is 0 Å². The van der Waals surface area contributed by atoms with Crippen LogP contribution in [-0.4, -0.2) is 37.1 Å². The van der Waals surface area contributed by atoms with E-state index >= 15 is 0 Å². The van der Waals surface area contributed by atoms with Crippen LogP contribution < -0.4 is 5.73 Å². The molecule has 20 heavy (non-hydrogen) atoms. The van der Waals surface area contributed by atoms with Gasteiger partial charge >= 0.3 is 5.97 Å². The summed E-state index contributed by atoms with van der Waals surface area (Å²) in [6, 6.07) is 10.3. The first-order chi connectivity index (χ1) is 9.76. The first kappa shape index (κ1) is 16.4. The Morgan fingerprint density at radius 2 is 2.10 bits per heavy atom. The van der Waals surface area contributed by atoms with Crippen LogP contribution in [0, 0.1) is 0 Å². The third-order valence-corrected chi connectivity index (χ3v) is 2.83. The topological polar surface area (TPSA) is 55.6 Å². The number of nitrogens with two attached hydrogens (primary N) is 1. The van der Waals surface area contributed by atoms with Crippen LogP contribution in [0.4, 0.5) is 0 Å². The van der Waals surface area contributed by atoms with E-state index in [-0.39, 0.29) is 5.97 Å². The molecule has 0 amide bonds. The van der Waals surface area contributed by atoms with Gasteiger partial charge in [-0.15, -0.1) is 0 Å². The highest BCUT2D eigenvalue weighted by Gasteiger charge is 2.04. The molecule has 110 valence electrons. The molecule has 0 atom stereocenters. The number of carbonyl (C=O) groups excluding carboxylic acids is 1. The van der Waals surface area contributed by atoms with Gasteiger partial charge in [-0.3, -0.25) is 4.90 Å². The molecule has 0 unspecified atom stereocenters. The lowest BCUT2D eigenvalue weighted by Crippen LogP contribution is -2.26. The molecule has 4 heteroatoms. The molecule has 2 N–H and O–H groups in total. The average molecular weight is 276 g/mol. The number of hydrogen-bond acceptors (Lipinski definition) is 4. The largest absolute Gasteiger partial charge is 0.463 e. The van der Waals surface area contributed by atoms with Crippen LogP contribution >= 0.6 is 0 Å². The van der Waals surface area contributed by atoms with E-state index in [4.69, 9.17) is 10.5 Å². The SMILES string of the molecule is CCOC(=O)/C=C/CN(CCCN)Cc1ccccc1. The molecule has 0 aliphatic rings. The van der Waals surface area contributed by atoms with Crippen LogP contribution in [0.5, 0.6) is 0 Å². The van der Waals surface area contributed by atoms with E-state index in [1.165, 1.54) is 11.6 Å². The Morgan fingerprint density at radius 1 is 1.35 bits per heavy atom. The van der Waals surface area contributed by atoms with Crippen LogP contribution in [0.3, 0.4) is 0 Å². The van der Waals surface area contributed by atoms with E-state index in [1.54, 1.807) is 6.92 Å². The number of rotatable bonds is 9. The molecular formula is C16H24N2O2. The monoisotopic (exact) mass is 276 g/mol. The van der Waals surface area contributed by atoms with Crippen LogP contribution in [-0.2, 0) is 16.1 Å². The highest BCUT2D eigenvalue weighted by atomic mass is 16.5. The fourth-order valence-corrected chi connectivity index (χ4v) is 1.88. The van der Waals surface area contributed by atoms with Gasteiger partial charge in [-0.1, -0.05) is 36.4 Å². The summed E-state index contributed by atoms with van der Waals surface area (Å²) in [5, 5.41) is 0. The average Bonchev–Trinajstić information content (AvgIpc) is 2.46. The third kappa shape index (κ3) is 7.07. The number of carbonyl (C=O) groups is 1. The molecule has 0 fully saturated rings. The first-order valence-electron chi connectivity index (χ1n) is 7.06. The van der Waals surface area contributed by atoms with Gasteiger partial charge in [0.25, 0.3) is 0 Å². The summed E-state index contributed by atoms with van der Waals surface area (Å²) in [5.41, 5.74) is 6.83. The van der Waals surface area contributed by atoms with Crippen molar-refractivity contribution >= 4 is 5.97 Å². The summed E-state index contributed by atoms with van der Waals surface area (Å²) in [4.78, 5) is 13.5. The predicted molar refractivity (Wildman–Crippen MR) is 81.2 cm³/mol. The van der Waals surface area contributed by atoms with Crippen molar-refractivity contribution in [3.05, 3.63) is 48.0 Å². The number of ether oxygens (including phenoxy) is 1. The van der Waals surface area contributed by atoms with Crippen molar-refractivity contribution in [3.63, 3.8) is 0 Å². The van der Waals surface area contributed by atoms with Gasteiger partial charge in [-0.25, -0.2) is 4.79 Å². The van der Waals surface area contributed by atoms with Gasteiger partial charge in [0.1, 0.15) is 0 Å². The molecule has 0 spiro atoms. The second kappa shape index (κ2) is 10.2. The van der Waals surface area contributed by atoms with Crippen molar-refractivity contribution in [3.8, 4) is 0 Å². The molecule has 0 aliphatic heterocycles. The molecule has 0 heterocycles. The zero-order valence-corrected chi connectivity index (χ0v) is 12.1. The Bertz CT molecular complexity index is 404. The molecule has 0 aromatic heterocycles. The van der Waals surface area contributed by atoms with Gasteiger partial charge in [-0.2, -0.15) is 0 Å². The standard InChI is InChI=1S/C16H24N2O2/c1-2-20-16(19)10-6-12-18(13-7-11-17)14-15-8-4-3-5-9-15/h3-6,8-10H,2,7,11-14,17H2,1H3/b10-6+. The number of hydrogen-bond donors (Lipinski definition) is 1. The van der Waals surface area contributed by atoms with Gasteiger partial charge in [0.2, 0.25) is 0 Å². The zero-order chi connectivity index (χ0) is 14.6. The Balaban J connectivity index is 2.49. The van der Waals surface area contributed by atoms with Gasteiger partial charge < -0.3 is 10.5 Å². The Hall–Kier alpha value is -1.65. The molecule has 1 aromatic rings. The normalized spacial score (nSPS) is 11.2. The summed E-state index contributed by atoms with van der Waals surface area (Å²) in [6.45, 7) is 5.37. The Labute approximate surface area is 121 Å². The highest BCUT2D eigenvalue weighted by Crippen LogP contribution is 2.05. The molecule has 0 bridgehead atoms. The van der Waals surface area contributed by atoms with Gasteiger partial charge in [0.05, 0.1) is 6.61 Å². The van der Waals surface area contributed by atoms with Crippen LogP contribution in [0.15, 0.2) is 42.5 Å². The van der Waals surface area contributed by atoms with Crippen LogP contribution in [0.2, 0.25) is 0 Å². The van der Waals surface area contributed by atoms with Crippen LogP contribution in [0.1, 0.15) is 18.9 Å². The van der Waals surface area contributed by atoms with Crippen molar-refractivity contribution in [2.45, 2.75) is 19.9 Å². The van der Waals surface area contributed by atoms with Crippen molar-refractivity contribution in [1.82, 2.24) is 4.90 Å². The maximum Gasteiger partial charge on any atom is 0.330 e. The molecular weight excluding hydrogens is 252 g/mol. The van der Waals surface area contributed by atoms with Crippen molar-refractivity contribution in [2.75, 3.05) is 26.2 Å². The van der Waals surface area contributed by atoms with E-state index in [1.807, 2.05) is 24.3 Å². The van der Waals surface area contributed by atoms with E-state index < -0.39 is 0 Å². The minimum Gasteiger partial charge on any atom is -0.463 e. The molecule has 0 saturated carbocycles. The molecule has 0 saturated heterocycles. The summed E-state index contributed by atoms with van der Waals surface area (Å²) < 4.78 is 4.86. The number of benzene rings is 1.